The summed E-state index contributed by atoms with van der Waals surface area (Å²) in [6.07, 6.45) is 0. The zero-order chi connectivity index (χ0) is 16.8. The van der Waals surface area contributed by atoms with E-state index in [-0.39, 0.29) is 25.1 Å². The predicted molar refractivity (Wildman–Crippen MR) is 87.9 cm³/mol. The molecule has 0 aliphatic carbocycles. The Bertz CT molecular complexity index is 701. The molecule has 0 atom stereocenters. The molecule has 5 heteroatoms. The highest BCUT2D eigenvalue weighted by Crippen LogP contribution is 2.25. The molecule has 0 unspecified atom stereocenters. The fourth-order valence-corrected chi connectivity index (χ4v) is 2.21. The van der Waals surface area contributed by atoms with Gasteiger partial charge in [-0.1, -0.05) is 24.3 Å². The van der Waals surface area contributed by atoms with Gasteiger partial charge in [-0.3, -0.25) is 0 Å². The standard InChI is InChI=1S/C18H21FN2O2/c1-12-7-8-13(2)17(14(12)3)23-11-21-18(22)20-10-15-5-4-6-16(19)9-15/h4-9H,10-11H2,1-3H3,(H2,20,21,22). The molecule has 0 radical (unpaired) electrons. The van der Waals surface area contributed by atoms with Gasteiger partial charge in [0.15, 0.2) is 6.73 Å². The minimum absolute atomic E-state index is 0.0696. The summed E-state index contributed by atoms with van der Waals surface area (Å²) in [6.45, 7) is 6.29. The fourth-order valence-electron chi connectivity index (χ4n) is 2.21. The van der Waals surface area contributed by atoms with Crippen molar-refractivity contribution < 1.29 is 13.9 Å². The van der Waals surface area contributed by atoms with Crippen molar-refractivity contribution in [3.8, 4) is 5.75 Å². The molecule has 2 N–H and O–H groups in total. The van der Waals surface area contributed by atoms with Gasteiger partial charge in [0, 0.05) is 6.54 Å². The van der Waals surface area contributed by atoms with Crippen molar-refractivity contribution in [2.45, 2.75) is 27.3 Å². The van der Waals surface area contributed by atoms with Crippen LogP contribution in [-0.4, -0.2) is 12.8 Å². The molecule has 2 amide bonds. The molecule has 122 valence electrons. The second-order valence-electron chi connectivity index (χ2n) is 5.43. The molecule has 0 saturated carbocycles. The lowest BCUT2D eigenvalue weighted by atomic mass is 10.1. The van der Waals surface area contributed by atoms with Crippen LogP contribution in [0.2, 0.25) is 0 Å². The molecule has 0 heterocycles. The third-order valence-electron chi connectivity index (χ3n) is 3.66. The summed E-state index contributed by atoms with van der Waals surface area (Å²) < 4.78 is 18.7. The molecule has 4 nitrogen and oxygen atoms in total. The zero-order valence-electron chi connectivity index (χ0n) is 13.6. The Balaban J connectivity index is 1.80. The molecular weight excluding hydrogens is 295 g/mol. The largest absolute Gasteiger partial charge is 0.473 e. The van der Waals surface area contributed by atoms with Crippen LogP contribution in [0.4, 0.5) is 9.18 Å². The van der Waals surface area contributed by atoms with Crippen LogP contribution in [0.1, 0.15) is 22.3 Å². The summed E-state index contributed by atoms with van der Waals surface area (Å²) in [5.74, 6) is 0.467. The lowest BCUT2D eigenvalue weighted by Gasteiger charge is -2.14. The number of carbonyl (C=O) groups is 1. The molecule has 2 aromatic rings. The van der Waals surface area contributed by atoms with Gasteiger partial charge in [-0.15, -0.1) is 0 Å². The van der Waals surface area contributed by atoms with Crippen LogP contribution in [-0.2, 0) is 6.54 Å². The summed E-state index contributed by atoms with van der Waals surface area (Å²) in [5, 5.41) is 5.28. The van der Waals surface area contributed by atoms with E-state index in [1.54, 1.807) is 12.1 Å². The normalized spacial score (nSPS) is 10.3. The predicted octanol–water partition coefficient (Wildman–Crippen LogP) is 3.59. The molecule has 0 aliphatic heterocycles. The average molecular weight is 316 g/mol. The minimum Gasteiger partial charge on any atom is -0.473 e. The number of rotatable bonds is 5. The van der Waals surface area contributed by atoms with Gasteiger partial charge in [0.2, 0.25) is 0 Å². The van der Waals surface area contributed by atoms with Gasteiger partial charge in [0.05, 0.1) is 0 Å². The second-order valence-corrected chi connectivity index (χ2v) is 5.43. The number of amides is 2. The molecule has 0 saturated heterocycles. The molecule has 23 heavy (non-hydrogen) atoms. The number of hydrogen-bond acceptors (Lipinski definition) is 2. The first-order valence-electron chi connectivity index (χ1n) is 7.43. The number of ether oxygens (including phenoxy) is 1. The quantitative estimate of drug-likeness (QED) is 0.828. The van der Waals surface area contributed by atoms with Crippen molar-refractivity contribution in [2.24, 2.45) is 0 Å². The summed E-state index contributed by atoms with van der Waals surface area (Å²) in [6, 6.07) is 9.77. The number of aryl methyl sites for hydroxylation is 2. The lowest BCUT2D eigenvalue weighted by molar-refractivity contribution is 0.223. The molecule has 0 bridgehead atoms. The smallest absolute Gasteiger partial charge is 0.317 e. The van der Waals surface area contributed by atoms with Crippen LogP contribution >= 0.6 is 0 Å². The van der Waals surface area contributed by atoms with E-state index in [0.717, 1.165) is 22.4 Å². The summed E-state index contributed by atoms with van der Waals surface area (Å²) in [5.41, 5.74) is 3.93. The molecule has 0 fully saturated rings. The first kappa shape index (κ1) is 16.8. The topological polar surface area (TPSA) is 50.4 Å². The molecule has 0 aromatic heterocycles. The van der Waals surface area contributed by atoms with Crippen LogP contribution in [0.25, 0.3) is 0 Å². The molecule has 2 rings (SSSR count). The average Bonchev–Trinajstić information content (AvgIpc) is 2.52. The maximum absolute atomic E-state index is 13.0. The first-order valence-corrected chi connectivity index (χ1v) is 7.43. The Labute approximate surface area is 135 Å². The van der Waals surface area contributed by atoms with Crippen LogP contribution in [0.5, 0.6) is 5.75 Å². The van der Waals surface area contributed by atoms with Gasteiger partial charge in [0.1, 0.15) is 11.6 Å². The summed E-state index contributed by atoms with van der Waals surface area (Å²) >= 11 is 0. The number of benzene rings is 2. The zero-order valence-corrected chi connectivity index (χ0v) is 13.6. The van der Waals surface area contributed by atoms with Gasteiger partial charge in [-0.2, -0.15) is 0 Å². The van der Waals surface area contributed by atoms with Crippen molar-refractivity contribution in [1.29, 1.82) is 0 Å². The Morgan fingerprint density at radius 3 is 2.57 bits per heavy atom. The Kier molecular flexibility index (Phi) is 5.57. The first-order chi connectivity index (χ1) is 11.0. The summed E-state index contributed by atoms with van der Waals surface area (Å²) in [4.78, 5) is 11.7. The third kappa shape index (κ3) is 4.71. The fraction of sp³-hybridized carbons (Fsp3) is 0.278. The van der Waals surface area contributed by atoms with Crippen LogP contribution < -0.4 is 15.4 Å². The lowest BCUT2D eigenvalue weighted by Crippen LogP contribution is -2.37. The molecule has 0 spiro atoms. The van der Waals surface area contributed by atoms with E-state index in [1.165, 1.54) is 12.1 Å². The van der Waals surface area contributed by atoms with Crippen molar-refractivity contribution in [2.75, 3.05) is 6.73 Å². The van der Waals surface area contributed by atoms with Gasteiger partial charge in [-0.25, -0.2) is 9.18 Å². The van der Waals surface area contributed by atoms with Gasteiger partial charge < -0.3 is 15.4 Å². The van der Waals surface area contributed by atoms with Crippen LogP contribution in [0, 0.1) is 26.6 Å². The van der Waals surface area contributed by atoms with Crippen molar-refractivity contribution in [3.05, 3.63) is 64.5 Å². The highest BCUT2D eigenvalue weighted by Gasteiger charge is 2.07. The molecular formula is C18H21FN2O2. The van der Waals surface area contributed by atoms with Crippen molar-refractivity contribution in [3.63, 3.8) is 0 Å². The highest BCUT2D eigenvalue weighted by atomic mass is 19.1. The van der Waals surface area contributed by atoms with E-state index in [4.69, 9.17) is 4.74 Å². The van der Waals surface area contributed by atoms with Crippen molar-refractivity contribution >= 4 is 6.03 Å². The van der Waals surface area contributed by atoms with Crippen molar-refractivity contribution in [1.82, 2.24) is 10.6 Å². The SMILES string of the molecule is Cc1ccc(C)c(OCNC(=O)NCc2cccc(F)c2)c1C. The van der Waals surface area contributed by atoms with Crippen LogP contribution in [0.3, 0.4) is 0 Å². The maximum atomic E-state index is 13.0. The van der Waals surface area contributed by atoms with Gasteiger partial charge in [-0.05, 0) is 55.2 Å². The minimum atomic E-state index is -0.364. The molecule has 0 aliphatic rings. The van der Waals surface area contributed by atoms with E-state index >= 15 is 0 Å². The number of carbonyl (C=O) groups excluding carboxylic acids is 1. The number of hydrogen-bond donors (Lipinski definition) is 2. The molecule has 2 aromatic carbocycles. The van der Waals surface area contributed by atoms with E-state index in [9.17, 15) is 9.18 Å². The summed E-state index contributed by atoms with van der Waals surface area (Å²) in [7, 11) is 0. The van der Waals surface area contributed by atoms with Gasteiger partial charge >= 0.3 is 6.03 Å². The van der Waals surface area contributed by atoms with E-state index < -0.39 is 0 Å². The van der Waals surface area contributed by atoms with Gasteiger partial charge in [0.25, 0.3) is 0 Å². The van der Waals surface area contributed by atoms with E-state index in [0.29, 0.717) is 5.56 Å². The Morgan fingerprint density at radius 2 is 1.83 bits per heavy atom. The number of urea groups is 1. The maximum Gasteiger partial charge on any atom is 0.317 e. The highest BCUT2D eigenvalue weighted by molar-refractivity contribution is 5.73. The Morgan fingerprint density at radius 1 is 1.09 bits per heavy atom. The van der Waals surface area contributed by atoms with Crippen LogP contribution in [0.15, 0.2) is 36.4 Å². The number of nitrogens with one attached hydrogen (secondary N) is 2. The Hall–Kier alpha value is -2.56. The monoisotopic (exact) mass is 316 g/mol. The van der Waals surface area contributed by atoms with E-state index in [2.05, 4.69) is 10.6 Å². The third-order valence-corrected chi connectivity index (χ3v) is 3.66. The van der Waals surface area contributed by atoms with E-state index in [1.807, 2.05) is 32.9 Å². The number of halogens is 1. The second kappa shape index (κ2) is 7.63.